The van der Waals surface area contributed by atoms with E-state index in [-0.39, 0.29) is 10.7 Å². The normalized spacial score (nSPS) is 10.6. The predicted molar refractivity (Wildman–Crippen MR) is 101 cm³/mol. The minimum Gasteiger partial charge on any atom is -0.496 e. The summed E-state index contributed by atoms with van der Waals surface area (Å²) in [7, 11) is 1.51. The lowest BCUT2D eigenvalue weighted by molar-refractivity contribution is -0.142. The van der Waals surface area contributed by atoms with Crippen LogP contribution in [0.5, 0.6) is 5.75 Å². The lowest BCUT2D eigenvalue weighted by Crippen LogP contribution is -2.20. The van der Waals surface area contributed by atoms with E-state index in [1.54, 1.807) is 18.2 Å². The Balaban J connectivity index is 1.91. The maximum Gasteiger partial charge on any atom is 0.331 e. The summed E-state index contributed by atoms with van der Waals surface area (Å²) in [5.74, 6) is -1.48. The Morgan fingerprint density at radius 1 is 1.27 bits per heavy atom. The summed E-state index contributed by atoms with van der Waals surface area (Å²) in [6.07, 6.45) is 2.66. The molecule has 0 atom stereocenters. The van der Waals surface area contributed by atoms with Gasteiger partial charge in [-0.05, 0) is 42.5 Å². The minimum atomic E-state index is -0.728. The van der Waals surface area contributed by atoms with Gasteiger partial charge in [-0.2, -0.15) is 0 Å². The maximum absolute atomic E-state index is 13.5. The Bertz CT molecular complexity index is 857. The van der Waals surface area contributed by atoms with Crippen LogP contribution in [-0.4, -0.2) is 25.6 Å². The molecule has 0 spiro atoms. The van der Waals surface area contributed by atoms with E-state index in [4.69, 9.17) is 21.1 Å². The summed E-state index contributed by atoms with van der Waals surface area (Å²) in [6.45, 7) is -0.565. The molecule has 0 aromatic heterocycles. The number of benzene rings is 2. The zero-order valence-corrected chi connectivity index (χ0v) is 15.9. The molecule has 26 heavy (non-hydrogen) atoms. The van der Waals surface area contributed by atoms with E-state index in [1.165, 1.54) is 25.3 Å². The standard InChI is InChI=1S/C18H14BrClFNO4/c1-25-16-6-3-12(19)8-11(16)2-7-18(24)26-10-17(23)22-15-9-13(20)4-5-14(15)21/h2-9H,10H2,1H3,(H,22,23)/b7-2+. The fraction of sp³-hybridized carbons (Fsp3) is 0.111. The predicted octanol–water partition coefficient (Wildman–Crippen LogP) is 4.45. The van der Waals surface area contributed by atoms with Gasteiger partial charge in [0, 0.05) is 21.1 Å². The number of carbonyl (C=O) groups excluding carboxylic acids is 2. The van der Waals surface area contributed by atoms with Crippen LogP contribution >= 0.6 is 27.5 Å². The first-order valence-corrected chi connectivity index (χ1v) is 8.49. The van der Waals surface area contributed by atoms with Crippen LogP contribution in [0.3, 0.4) is 0 Å². The number of hydrogen-bond donors (Lipinski definition) is 1. The first-order valence-electron chi connectivity index (χ1n) is 7.32. The van der Waals surface area contributed by atoms with Crippen molar-refractivity contribution >= 4 is 51.2 Å². The molecule has 0 fully saturated rings. The van der Waals surface area contributed by atoms with Gasteiger partial charge in [-0.3, -0.25) is 4.79 Å². The molecule has 0 saturated carbocycles. The van der Waals surface area contributed by atoms with Crippen LogP contribution in [0.25, 0.3) is 6.08 Å². The summed E-state index contributed by atoms with van der Waals surface area (Å²) in [5, 5.41) is 2.55. The Morgan fingerprint density at radius 3 is 2.77 bits per heavy atom. The molecule has 2 aromatic rings. The Kier molecular flexibility index (Phi) is 7.17. The number of halogens is 3. The number of methoxy groups -OCH3 is 1. The molecule has 2 aromatic carbocycles. The van der Waals surface area contributed by atoms with Crippen LogP contribution in [0, 0.1) is 5.82 Å². The molecule has 0 aliphatic rings. The number of esters is 1. The average Bonchev–Trinajstić information content (AvgIpc) is 2.61. The van der Waals surface area contributed by atoms with Crippen LogP contribution in [0.2, 0.25) is 5.02 Å². The van der Waals surface area contributed by atoms with Gasteiger partial charge in [-0.15, -0.1) is 0 Å². The maximum atomic E-state index is 13.5. The molecule has 1 N–H and O–H groups in total. The molecular formula is C18H14BrClFNO4. The minimum absolute atomic E-state index is 0.0898. The van der Waals surface area contributed by atoms with E-state index in [2.05, 4.69) is 21.2 Å². The molecular weight excluding hydrogens is 429 g/mol. The van der Waals surface area contributed by atoms with Gasteiger partial charge >= 0.3 is 5.97 Å². The molecule has 1 amide bonds. The second kappa shape index (κ2) is 9.35. The third-order valence-corrected chi connectivity index (χ3v) is 3.87. The second-order valence-electron chi connectivity index (χ2n) is 5.00. The van der Waals surface area contributed by atoms with Crippen molar-refractivity contribution in [2.45, 2.75) is 0 Å². The van der Waals surface area contributed by atoms with E-state index >= 15 is 0 Å². The molecule has 136 valence electrons. The summed E-state index contributed by atoms with van der Waals surface area (Å²) < 4.78 is 24.4. The van der Waals surface area contributed by atoms with Crippen LogP contribution in [0.1, 0.15) is 5.56 Å². The van der Waals surface area contributed by atoms with Crippen molar-refractivity contribution < 1.29 is 23.5 Å². The fourth-order valence-electron chi connectivity index (χ4n) is 1.96. The molecule has 5 nitrogen and oxygen atoms in total. The highest BCUT2D eigenvalue weighted by atomic mass is 79.9. The lowest BCUT2D eigenvalue weighted by Gasteiger charge is -2.07. The van der Waals surface area contributed by atoms with E-state index in [0.717, 1.165) is 16.6 Å². The number of nitrogens with one attached hydrogen (secondary N) is 1. The lowest BCUT2D eigenvalue weighted by atomic mass is 10.2. The zero-order valence-electron chi connectivity index (χ0n) is 13.6. The van der Waals surface area contributed by atoms with E-state index in [1.807, 2.05) is 0 Å². The highest BCUT2D eigenvalue weighted by Crippen LogP contribution is 2.24. The van der Waals surface area contributed by atoms with E-state index in [0.29, 0.717) is 11.3 Å². The first kappa shape index (κ1) is 19.9. The van der Waals surface area contributed by atoms with E-state index < -0.39 is 24.3 Å². The van der Waals surface area contributed by atoms with Crippen LogP contribution in [0.15, 0.2) is 46.9 Å². The molecule has 0 heterocycles. The van der Waals surface area contributed by atoms with Gasteiger partial charge in [0.05, 0.1) is 12.8 Å². The van der Waals surface area contributed by atoms with Crippen molar-refractivity contribution in [3.63, 3.8) is 0 Å². The largest absolute Gasteiger partial charge is 0.496 e. The molecule has 0 radical (unpaired) electrons. The van der Waals surface area contributed by atoms with Crippen LogP contribution < -0.4 is 10.1 Å². The van der Waals surface area contributed by atoms with Crippen molar-refractivity contribution in [1.29, 1.82) is 0 Å². The zero-order chi connectivity index (χ0) is 19.1. The van der Waals surface area contributed by atoms with Gasteiger partial charge in [0.2, 0.25) is 0 Å². The van der Waals surface area contributed by atoms with Gasteiger partial charge in [0.15, 0.2) is 6.61 Å². The first-order chi connectivity index (χ1) is 12.4. The topological polar surface area (TPSA) is 64.6 Å². The quantitative estimate of drug-likeness (QED) is 0.530. The van der Waals surface area contributed by atoms with Crippen molar-refractivity contribution in [3.8, 4) is 5.75 Å². The van der Waals surface area contributed by atoms with Crippen molar-refractivity contribution in [1.82, 2.24) is 0 Å². The number of ether oxygens (including phenoxy) is 2. The Hall–Kier alpha value is -2.38. The molecule has 0 bridgehead atoms. The summed E-state index contributed by atoms with van der Waals surface area (Å²) >= 11 is 9.06. The summed E-state index contributed by atoms with van der Waals surface area (Å²) in [5.41, 5.74) is 0.567. The van der Waals surface area contributed by atoms with Crippen molar-refractivity contribution in [2.24, 2.45) is 0 Å². The number of rotatable bonds is 6. The van der Waals surface area contributed by atoms with Crippen molar-refractivity contribution in [3.05, 3.63) is 63.4 Å². The smallest absolute Gasteiger partial charge is 0.331 e. The second-order valence-corrected chi connectivity index (χ2v) is 6.35. The van der Waals surface area contributed by atoms with Crippen LogP contribution in [0.4, 0.5) is 10.1 Å². The average molecular weight is 443 g/mol. The number of amides is 1. The van der Waals surface area contributed by atoms with Gasteiger partial charge in [0.25, 0.3) is 5.91 Å². The Labute approximate surface area is 162 Å². The molecule has 2 rings (SSSR count). The SMILES string of the molecule is COc1ccc(Br)cc1/C=C/C(=O)OCC(=O)Nc1cc(Cl)ccc1F. The number of anilines is 1. The molecule has 8 heteroatoms. The molecule has 0 unspecified atom stereocenters. The van der Waals surface area contributed by atoms with Gasteiger partial charge in [0.1, 0.15) is 11.6 Å². The van der Waals surface area contributed by atoms with Gasteiger partial charge in [-0.25, -0.2) is 9.18 Å². The molecule has 0 aliphatic heterocycles. The van der Waals surface area contributed by atoms with E-state index in [9.17, 15) is 14.0 Å². The summed E-state index contributed by atoms with van der Waals surface area (Å²) in [4.78, 5) is 23.5. The number of hydrogen-bond acceptors (Lipinski definition) is 4. The third-order valence-electron chi connectivity index (χ3n) is 3.14. The third kappa shape index (κ3) is 5.86. The Morgan fingerprint density at radius 2 is 2.04 bits per heavy atom. The monoisotopic (exact) mass is 441 g/mol. The van der Waals surface area contributed by atoms with Gasteiger partial charge in [-0.1, -0.05) is 27.5 Å². The van der Waals surface area contributed by atoms with Crippen LogP contribution in [-0.2, 0) is 14.3 Å². The summed E-state index contributed by atoms with van der Waals surface area (Å²) in [6, 6.07) is 9.04. The number of carbonyl (C=O) groups is 2. The van der Waals surface area contributed by atoms with Gasteiger partial charge < -0.3 is 14.8 Å². The molecule has 0 saturated heterocycles. The van der Waals surface area contributed by atoms with Crippen molar-refractivity contribution in [2.75, 3.05) is 19.0 Å². The highest BCUT2D eigenvalue weighted by Gasteiger charge is 2.10. The fourth-order valence-corrected chi connectivity index (χ4v) is 2.51. The highest BCUT2D eigenvalue weighted by molar-refractivity contribution is 9.10. The molecule has 0 aliphatic carbocycles.